The molecule has 0 bridgehead atoms. The van der Waals surface area contributed by atoms with Crippen molar-refractivity contribution in [1.82, 2.24) is 0 Å². The van der Waals surface area contributed by atoms with E-state index in [1.54, 1.807) is 4.90 Å². The summed E-state index contributed by atoms with van der Waals surface area (Å²) >= 11 is 0. The highest BCUT2D eigenvalue weighted by molar-refractivity contribution is 5.97. The van der Waals surface area contributed by atoms with Gasteiger partial charge in [-0.2, -0.15) is 13.2 Å². The number of alkyl halides is 3. The van der Waals surface area contributed by atoms with Crippen LogP contribution in [0, 0.1) is 0 Å². The van der Waals surface area contributed by atoms with Gasteiger partial charge in [-0.1, -0.05) is 30.3 Å². The zero-order valence-electron chi connectivity index (χ0n) is 14.9. The van der Waals surface area contributed by atoms with Gasteiger partial charge in [-0.3, -0.25) is 4.79 Å². The smallest absolute Gasteiger partial charge is 0.416 e. The van der Waals surface area contributed by atoms with Gasteiger partial charge in [-0.05, 0) is 48.2 Å². The Labute approximate surface area is 160 Å². The second-order valence-electron chi connectivity index (χ2n) is 6.34. The van der Waals surface area contributed by atoms with E-state index in [2.05, 4.69) is 0 Å². The van der Waals surface area contributed by atoms with Crippen LogP contribution in [0.3, 0.4) is 0 Å². The summed E-state index contributed by atoms with van der Waals surface area (Å²) in [6, 6.07) is 12.0. The maximum Gasteiger partial charge on any atom is 0.416 e. The Morgan fingerprint density at radius 3 is 2.50 bits per heavy atom. The maximum atomic E-state index is 12.5. The van der Waals surface area contributed by atoms with E-state index >= 15 is 0 Å². The number of rotatable bonds is 4. The molecule has 0 unspecified atom stereocenters. The second-order valence-corrected chi connectivity index (χ2v) is 6.34. The molecule has 4 nitrogen and oxygen atoms in total. The third-order valence-corrected chi connectivity index (χ3v) is 4.40. The number of hydrogen-bond donors (Lipinski definition) is 0. The lowest BCUT2D eigenvalue weighted by atomic mass is 10.0. The van der Waals surface area contributed by atoms with Gasteiger partial charge >= 0.3 is 12.1 Å². The van der Waals surface area contributed by atoms with E-state index in [-0.39, 0.29) is 5.91 Å². The molecule has 1 aliphatic heterocycles. The Kier molecular flexibility index (Phi) is 5.82. The minimum absolute atomic E-state index is 0.316. The number of anilines is 1. The average Bonchev–Trinajstić information content (AvgIpc) is 2.69. The number of esters is 1. The first-order valence-corrected chi connectivity index (χ1v) is 8.75. The fourth-order valence-electron chi connectivity index (χ4n) is 3.00. The molecule has 0 spiro atoms. The van der Waals surface area contributed by atoms with Gasteiger partial charge in [0.25, 0.3) is 5.91 Å². The molecule has 0 saturated heterocycles. The number of nitrogens with zero attached hydrogens (tertiary/aromatic N) is 1. The molecule has 146 valence electrons. The number of ether oxygens (including phenoxy) is 1. The third-order valence-electron chi connectivity index (χ3n) is 4.40. The summed E-state index contributed by atoms with van der Waals surface area (Å²) in [6.07, 6.45) is -0.252. The molecular formula is C21H18F3NO3. The molecule has 0 aromatic heterocycles. The van der Waals surface area contributed by atoms with E-state index < -0.39 is 24.3 Å². The molecule has 2 aromatic carbocycles. The molecule has 0 aliphatic carbocycles. The van der Waals surface area contributed by atoms with Crippen LogP contribution < -0.4 is 4.90 Å². The molecule has 0 atom stereocenters. The fourth-order valence-corrected chi connectivity index (χ4v) is 3.00. The topological polar surface area (TPSA) is 46.6 Å². The van der Waals surface area contributed by atoms with E-state index in [1.165, 1.54) is 18.2 Å². The monoisotopic (exact) mass is 389 g/mol. The van der Waals surface area contributed by atoms with Gasteiger partial charge in [0.15, 0.2) is 6.61 Å². The molecule has 0 saturated carbocycles. The van der Waals surface area contributed by atoms with Crippen LogP contribution in [0.25, 0.3) is 6.08 Å². The maximum absolute atomic E-state index is 12.5. The molecule has 0 fully saturated rings. The Morgan fingerprint density at radius 1 is 1.07 bits per heavy atom. The van der Waals surface area contributed by atoms with E-state index in [4.69, 9.17) is 4.74 Å². The molecular weight excluding hydrogens is 371 g/mol. The van der Waals surface area contributed by atoms with E-state index in [9.17, 15) is 22.8 Å². The van der Waals surface area contributed by atoms with Crippen LogP contribution in [0.15, 0.2) is 54.6 Å². The second kappa shape index (κ2) is 8.29. The largest absolute Gasteiger partial charge is 0.452 e. The summed E-state index contributed by atoms with van der Waals surface area (Å²) in [5.41, 5.74) is 1.56. The molecule has 0 N–H and O–H groups in total. The minimum atomic E-state index is -4.41. The number of para-hydroxylation sites is 1. The van der Waals surface area contributed by atoms with Crippen LogP contribution in [-0.2, 0) is 26.9 Å². The molecule has 3 rings (SSSR count). The van der Waals surface area contributed by atoms with Crippen molar-refractivity contribution in [3.05, 3.63) is 71.3 Å². The Hall–Kier alpha value is -3.09. The number of carbonyl (C=O) groups excluding carboxylic acids is 2. The van der Waals surface area contributed by atoms with E-state index in [0.717, 1.165) is 42.3 Å². The number of benzene rings is 2. The van der Waals surface area contributed by atoms with Crippen LogP contribution in [0.2, 0.25) is 0 Å². The van der Waals surface area contributed by atoms with Crippen molar-refractivity contribution in [3.63, 3.8) is 0 Å². The Bertz CT molecular complexity index is 889. The highest BCUT2D eigenvalue weighted by Crippen LogP contribution is 2.29. The van der Waals surface area contributed by atoms with Gasteiger partial charge < -0.3 is 9.64 Å². The van der Waals surface area contributed by atoms with Gasteiger partial charge in [0, 0.05) is 18.3 Å². The Morgan fingerprint density at radius 2 is 1.79 bits per heavy atom. The lowest BCUT2D eigenvalue weighted by Gasteiger charge is -2.29. The summed E-state index contributed by atoms with van der Waals surface area (Å²) in [4.78, 5) is 25.8. The summed E-state index contributed by atoms with van der Waals surface area (Å²) in [5, 5.41) is 0. The predicted molar refractivity (Wildman–Crippen MR) is 98.6 cm³/mol. The van der Waals surface area contributed by atoms with Crippen molar-refractivity contribution in [2.75, 3.05) is 18.1 Å². The zero-order chi connectivity index (χ0) is 20.1. The highest BCUT2D eigenvalue weighted by Gasteiger charge is 2.29. The van der Waals surface area contributed by atoms with Crippen LogP contribution in [-0.4, -0.2) is 25.0 Å². The number of amides is 1. The molecule has 1 heterocycles. The zero-order valence-corrected chi connectivity index (χ0v) is 14.9. The van der Waals surface area contributed by atoms with E-state index in [0.29, 0.717) is 12.1 Å². The minimum Gasteiger partial charge on any atom is -0.452 e. The molecule has 0 radical (unpaired) electrons. The number of hydrogen-bond acceptors (Lipinski definition) is 3. The van der Waals surface area contributed by atoms with Crippen LogP contribution >= 0.6 is 0 Å². The number of fused-ring (bicyclic) bond motifs is 1. The van der Waals surface area contributed by atoms with Crippen molar-refractivity contribution in [1.29, 1.82) is 0 Å². The lowest BCUT2D eigenvalue weighted by molar-refractivity contribution is -0.142. The summed E-state index contributed by atoms with van der Waals surface area (Å²) in [7, 11) is 0. The van der Waals surface area contributed by atoms with Crippen molar-refractivity contribution in [2.24, 2.45) is 0 Å². The SMILES string of the molecule is O=C(/C=C/c1ccc(C(F)(F)F)cc1)OCC(=O)N1CCCc2ccccc21. The summed E-state index contributed by atoms with van der Waals surface area (Å²) in [5.74, 6) is -1.05. The highest BCUT2D eigenvalue weighted by atomic mass is 19.4. The van der Waals surface area contributed by atoms with Gasteiger partial charge in [-0.25, -0.2) is 4.79 Å². The number of halogens is 3. The lowest BCUT2D eigenvalue weighted by Crippen LogP contribution is -2.38. The molecule has 1 aliphatic rings. The van der Waals surface area contributed by atoms with Crippen LogP contribution in [0.1, 0.15) is 23.1 Å². The first kappa shape index (κ1) is 19.7. The summed E-state index contributed by atoms with van der Waals surface area (Å²) < 4.78 is 42.6. The quantitative estimate of drug-likeness (QED) is 0.580. The van der Waals surface area contributed by atoms with Gasteiger partial charge in [0.1, 0.15) is 0 Å². The number of aryl methyl sites for hydroxylation is 1. The van der Waals surface area contributed by atoms with Crippen LogP contribution in [0.5, 0.6) is 0 Å². The Balaban J connectivity index is 1.54. The van der Waals surface area contributed by atoms with Crippen molar-refractivity contribution < 1.29 is 27.5 Å². The molecule has 7 heteroatoms. The normalized spacial score (nSPS) is 14.0. The first-order valence-electron chi connectivity index (χ1n) is 8.75. The van der Waals surface area contributed by atoms with Gasteiger partial charge in [0.05, 0.1) is 5.56 Å². The van der Waals surface area contributed by atoms with Crippen LogP contribution in [0.4, 0.5) is 18.9 Å². The van der Waals surface area contributed by atoms with Crippen molar-refractivity contribution in [2.45, 2.75) is 19.0 Å². The van der Waals surface area contributed by atoms with Crippen molar-refractivity contribution >= 4 is 23.6 Å². The number of carbonyl (C=O) groups is 2. The molecule has 2 aromatic rings. The van der Waals surface area contributed by atoms with Crippen molar-refractivity contribution in [3.8, 4) is 0 Å². The third kappa shape index (κ3) is 4.79. The first-order chi connectivity index (χ1) is 13.3. The molecule has 28 heavy (non-hydrogen) atoms. The summed E-state index contributed by atoms with van der Waals surface area (Å²) in [6.45, 7) is 0.166. The van der Waals surface area contributed by atoms with Gasteiger partial charge in [0.2, 0.25) is 0 Å². The predicted octanol–water partition coefficient (Wildman–Crippen LogP) is 4.24. The standard InChI is InChI=1S/C21H18F3NO3/c22-21(23,24)17-10-7-15(8-11-17)9-12-20(27)28-14-19(26)25-13-3-5-16-4-1-2-6-18(16)25/h1-2,4,6-12H,3,5,13-14H2/b12-9+. The molecule has 1 amide bonds. The van der Waals surface area contributed by atoms with E-state index in [1.807, 2.05) is 24.3 Å². The van der Waals surface area contributed by atoms with Gasteiger partial charge in [-0.15, -0.1) is 0 Å². The fraction of sp³-hybridized carbons (Fsp3) is 0.238. The average molecular weight is 389 g/mol.